The molecule has 12 heteroatoms. The van der Waals surface area contributed by atoms with Crippen LogP contribution in [-0.4, -0.2) is 35.4 Å². The summed E-state index contributed by atoms with van der Waals surface area (Å²) in [6.07, 6.45) is -15.7. The van der Waals surface area contributed by atoms with Gasteiger partial charge in [0.2, 0.25) is 4.87 Å². The molecule has 108 valence electrons. The van der Waals surface area contributed by atoms with Crippen LogP contribution in [0.15, 0.2) is 0 Å². The van der Waals surface area contributed by atoms with Crippen LogP contribution in [0.25, 0.3) is 0 Å². The van der Waals surface area contributed by atoms with Crippen LogP contribution in [0.1, 0.15) is 0 Å². The summed E-state index contributed by atoms with van der Waals surface area (Å²) in [6, 6.07) is 0. The van der Waals surface area contributed by atoms with Crippen molar-refractivity contribution in [1.29, 1.82) is 0 Å². The number of alkyl halides is 11. The Kier molecular flexibility index (Phi) is 3.97. The molecule has 0 atom stereocenters. The zero-order valence-electron chi connectivity index (χ0n) is 7.64. The van der Waals surface area contributed by atoms with E-state index in [9.17, 15) is 48.7 Å². The highest BCUT2D eigenvalue weighted by Gasteiger charge is 2.84. The zero-order chi connectivity index (χ0) is 15.2. The lowest BCUT2D eigenvalue weighted by atomic mass is 9.93. The molecule has 0 spiro atoms. The van der Waals surface area contributed by atoms with Crippen LogP contribution in [0.2, 0.25) is 0 Å². The van der Waals surface area contributed by atoms with E-state index in [1.54, 1.807) is 0 Å². The molecule has 0 aliphatic rings. The molecule has 0 radical (unpaired) electrons. The van der Waals surface area contributed by atoms with Gasteiger partial charge in [-0.25, -0.2) is 0 Å². The van der Waals surface area contributed by atoms with E-state index in [1.165, 1.54) is 0 Å². The van der Waals surface area contributed by atoms with Crippen molar-refractivity contribution in [2.24, 2.45) is 0 Å². The summed E-state index contributed by atoms with van der Waals surface area (Å²) in [4.78, 5) is 4.10. The molecular formula is C6HClF10O. The van der Waals surface area contributed by atoms with Crippen molar-refractivity contribution in [1.82, 2.24) is 0 Å². The van der Waals surface area contributed by atoms with Crippen LogP contribution in [0.3, 0.4) is 0 Å². The Morgan fingerprint density at radius 2 is 0.889 bits per heavy atom. The fourth-order valence-corrected chi connectivity index (χ4v) is 0.972. The highest BCUT2D eigenvalue weighted by Crippen LogP contribution is 2.57. The highest BCUT2D eigenvalue weighted by atomic mass is 35.5. The quantitative estimate of drug-likeness (QED) is 0.442. The first kappa shape index (κ1) is 17.3. The minimum atomic E-state index is -6.87. The Balaban J connectivity index is 6.04. The van der Waals surface area contributed by atoms with Crippen molar-refractivity contribution < 1.29 is 48.7 Å². The van der Waals surface area contributed by atoms with Crippen molar-refractivity contribution in [3.63, 3.8) is 0 Å². The first-order valence-corrected chi connectivity index (χ1v) is 3.98. The van der Waals surface area contributed by atoms with Crippen molar-refractivity contribution in [2.75, 3.05) is 0 Å². The van der Waals surface area contributed by atoms with E-state index in [2.05, 4.69) is 11.6 Å². The molecule has 0 N–H and O–H groups in total. The molecule has 1 nitrogen and oxygen atoms in total. The van der Waals surface area contributed by atoms with Gasteiger partial charge in [0.15, 0.2) is 6.29 Å². The lowest BCUT2D eigenvalue weighted by molar-refractivity contribution is -0.353. The van der Waals surface area contributed by atoms with E-state index < -0.39 is 35.4 Å². The van der Waals surface area contributed by atoms with Crippen LogP contribution in [0.5, 0.6) is 0 Å². The number of hydrogen-bond acceptors (Lipinski definition) is 1. The molecular weight excluding hydrogens is 313 g/mol. The Labute approximate surface area is 96.7 Å². The fraction of sp³-hybridized carbons (Fsp3) is 0.833. The van der Waals surface area contributed by atoms with E-state index in [-0.39, 0.29) is 0 Å². The first-order valence-electron chi connectivity index (χ1n) is 3.60. The molecule has 18 heavy (non-hydrogen) atoms. The summed E-state index contributed by atoms with van der Waals surface area (Å²) in [7, 11) is 0. The van der Waals surface area contributed by atoms with Gasteiger partial charge in [0.05, 0.1) is 0 Å². The second-order valence-corrected chi connectivity index (χ2v) is 3.57. The van der Waals surface area contributed by atoms with E-state index in [4.69, 9.17) is 0 Å². The third-order valence-electron chi connectivity index (χ3n) is 1.79. The zero-order valence-corrected chi connectivity index (χ0v) is 8.40. The van der Waals surface area contributed by atoms with Crippen molar-refractivity contribution in [3.05, 3.63) is 0 Å². The number of aldehydes is 1. The van der Waals surface area contributed by atoms with Crippen molar-refractivity contribution in [3.8, 4) is 0 Å². The summed E-state index contributed by atoms with van der Waals surface area (Å²) in [5.74, 6) is -13.6. The third kappa shape index (κ3) is 2.12. The Morgan fingerprint density at radius 1 is 0.667 bits per heavy atom. The topological polar surface area (TPSA) is 17.1 Å². The van der Waals surface area contributed by atoms with Crippen LogP contribution in [0, 0.1) is 0 Å². The van der Waals surface area contributed by atoms with Crippen molar-refractivity contribution in [2.45, 2.75) is 29.1 Å². The fourth-order valence-electron chi connectivity index (χ4n) is 0.758. The largest absolute Gasteiger partial charge is 0.455 e. The van der Waals surface area contributed by atoms with Crippen LogP contribution in [-0.2, 0) is 4.79 Å². The summed E-state index contributed by atoms with van der Waals surface area (Å²) in [5.41, 5.74) is 0. The second-order valence-electron chi connectivity index (χ2n) is 2.97. The minimum absolute atomic E-state index is 1.98. The van der Waals surface area contributed by atoms with Crippen LogP contribution >= 0.6 is 11.6 Å². The predicted molar refractivity (Wildman–Crippen MR) is 36.7 cm³/mol. The van der Waals surface area contributed by atoms with Gasteiger partial charge in [-0.15, -0.1) is 0 Å². The van der Waals surface area contributed by atoms with Gasteiger partial charge < -0.3 is 4.79 Å². The second kappa shape index (κ2) is 4.14. The lowest BCUT2D eigenvalue weighted by Crippen LogP contribution is -2.68. The highest BCUT2D eigenvalue weighted by molar-refractivity contribution is 6.33. The normalized spacial score (nSPS) is 15.7. The Hall–Kier alpha value is -0.740. The maximum absolute atomic E-state index is 12.5. The average Bonchev–Trinajstić information content (AvgIpc) is 2.12. The molecule has 0 saturated heterocycles. The average molecular weight is 315 g/mol. The summed E-state index contributed by atoms with van der Waals surface area (Å²) < 4.78 is 121. The standard InChI is InChI=1S/C6HClF10O/c7-2(1-18,3(8,9)5(12,13)14)4(10,11)6(15,16)17/h1H. The number of carbonyl (C=O) groups is 1. The molecule has 0 fully saturated rings. The molecule has 0 saturated carbocycles. The summed E-state index contributed by atoms with van der Waals surface area (Å²) in [6.45, 7) is 0. The van der Waals surface area contributed by atoms with Gasteiger partial charge in [0.1, 0.15) is 0 Å². The minimum Gasteiger partial charge on any atom is -0.301 e. The van der Waals surface area contributed by atoms with E-state index in [0.29, 0.717) is 0 Å². The molecule has 0 aromatic carbocycles. The maximum Gasteiger partial charge on any atom is 0.455 e. The third-order valence-corrected chi connectivity index (χ3v) is 2.35. The SMILES string of the molecule is O=CC(Cl)(C(F)(F)C(F)(F)F)C(F)(F)C(F)(F)F. The van der Waals surface area contributed by atoms with Crippen LogP contribution in [0.4, 0.5) is 43.9 Å². The molecule has 0 aliphatic carbocycles. The first-order chi connectivity index (χ1) is 7.56. The molecule has 0 aromatic heterocycles. The van der Waals surface area contributed by atoms with Gasteiger partial charge in [0.25, 0.3) is 0 Å². The van der Waals surface area contributed by atoms with E-state index in [1.807, 2.05) is 0 Å². The maximum atomic E-state index is 12.5. The molecule has 0 unspecified atom stereocenters. The molecule has 0 bridgehead atoms. The number of halogens is 11. The smallest absolute Gasteiger partial charge is 0.301 e. The van der Waals surface area contributed by atoms with Gasteiger partial charge in [-0.2, -0.15) is 43.9 Å². The van der Waals surface area contributed by atoms with E-state index >= 15 is 0 Å². The van der Waals surface area contributed by atoms with Crippen LogP contribution < -0.4 is 0 Å². The van der Waals surface area contributed by atoms with Gasteiger partial charge in [-0.05, 0) is 0 Å². The molecule has 0 aliphatic heterocycles. The molecule has 0 rings (SSSR count). The number of carbonyl (C=O) groups excluding carboxylic acids is 1. The molecule has 0 amide bonds. The summed E-state index contributed by atoms with van der Waals surface area (Å²) in [5, 5.41) is 0. The Morgan fingerprint density at radius 3 is 1.00 bits per heavy atom. The van der Waals surface area contributed by atoms with E-state index in [0.717, 1.165) is 0 Å². The number of hydrogen-bond donors (Lipinski definition) is 0. The van der Waals surface area contributed by atoms with Gasteiger partial charge in [-0.3, -0.25) is 0 Å². The van der Waals surface area contributed by atoms with Gasteiger partial charge in [-0.1, -0.05) is 11.6 Å². The van der Waals surface area contributed by atoms with Gasteiger partial charge in [0, 0.05) is 0 Å². The summed E-state index contributed by atoms with van der Waals surface area (Å²) >= 11 is 3.97. The monoisotopic (exact) mass is 314 g/mol. The molecule has 0 heterocycles. The number of rotatable bonds is 3. The Bertz CT molecular complexity index is 302. The predicted octanol–water partition coefficient (Wildman–Crippen LogP) is 3.56. The van der Waals surface area contributed by atoms with Crippen molar-refractivity contribution >= 4 is 17.9 Å². The lowest BCUT2D eigenvalue weighted by Gasteiger charge is -2.37. The molecule has 0 aromatic rings. The van der Waals surface area contributed by atoms with Gasteiger partial charge >= 0.3 is 24.2 Å².